The summed E-state index contributed by atoms with van der Waals surface area (Å²) in [5, 5.41) is 13.0. The number of aromatic carboxylic acids is 1. The number of carbonyl (C=O) groups is 2. The molecule has 1 saturated heterocycles. The number of benzene rings is 1. The number of aromatic nitrogens is 1. The van der Waals surface area contributed by atoms with E-state index in [0.29, 0.717) is 29.3 Å². The number of rotatable bonds is 5. The van der Waals surface area contributed by atoms with Gasteiger partial charge in [-0.05, 0) is 52.2 Å². The Morgan fingerprint density at radius 1 is 1.29 bits per heavy atom. The van der Waals surface area contributed by atoms with Crippen molar-refractivity contribution in [1.82, 2.24) is 9.88 Å². The second-order valence-corrected chi connectivity index (χ2v) is 11.3. The van der Waals surface area contributed by atoms with E-state index in [0.717, 1.165) is 19.3 Å². The van der Waals surface area contributed by atoms with Gasteiger partial charge in [-0.3, -0.25) is 4.79 Å². The number of carbonyl (C=O) groups excluding carboxylic acids is 1. The van der Waals surface area contributed by atoms with E-state index in [1.165, 1.54) is 10.8 Å². The summed E-state index contributed by atoms with van der Waals surface area (Å²) in [7, 11) is 0. The Bertz CT molecular complexity index is 1280. The molecule has 1 aromatic carbocycles. The molecule has 2 aliphatic carbocycles. The number of fused-ring (bicyclic) bond motifs is 1. The van der Waals surface area contributed by atoms with Crippen LogP contribution >= 0.6 is 11.6 Å². The van der Waals surface area contributed by atoms with Crippen LogP contribution in [0.5, 0.6) is 0 Å². The van der Waals surface area contributed by atoms with Gasteiger partial charge in [0.2, 0.25) is 5.43 Å². The van der Waals surface area contributed by atoms with Gasteiger partial charge in [0.25, 0.3) is 0 Å². The van der Waals surface area contributed by atoms with Gasteiger partial charge in [0, 0.05) is 42.6 Å². The van der Waals surface area contributed by atoms with Crippen LogP contribution < -0.4 is 15.6 Å². The standard InChI is InChI=1S/C25H29ClFN3O5/c1-24(2,3)35-23(34)28-25(7-8-25)13-6-9-29(11-13)17-5-4-14-20(19(17)26)30(18-10-16(18)27)12-15(21(14)31)22(32)33/h4-5,12-13,16,18H,6-11H2,1-3H3,(H,28,34)(H,32,33)/t13-,16+,18-/m1/s1. The number of anilines is 1. The molecule has 3 fully saturated rings. The van der Waals surface area contributed by atoms with E-state index in [-0.39, 0.29) is 23.3 Å². The van der Waals surface area contributed by atoms with Crippen molar-refractivity contribution in [3.8, 4) is 0 Å². The van der Waals surface area contributed by atoms with Crippen molar-refractivity contribution >= 4 is 40.3 Å². The Kier molecular flexibility index (Phi) is 5.54. The summed E-state index contributed by atoms with van der Waals surface area (Å²) in [5.41, 5.74) is -0.829. The highest BCUT2D eigenvalue weighted by Crippen LogP contribution is 2.48. The Morgan fingerprint density at radius 3 is 2.54 bits per heavy atom. The second kappa shape index (κ2) is 8.11. The average Bonchev–Trinajstić information content (AvgIpc) is 3.63. The van der Waals surface area contributed by atoms with E-state index in [1.54, 1.807) is 12.1 Å². The lowest BCUT2D eigenvalue weighted by Gasteiger charge is -2.28. The molecule has 188 valence electrons. The molecule has 0 unspecified atom stereocenters. The number of halogens is 2. The second-order valence-electron chi connectivity index (χ2n) is 10.9. The Hall–Kier alpha value is -2.81. The van der Waals surface area contributed by atoms with E-state index in [2.05, 4.69) is 10.2 Å². The average molecular weight is 506 g/mol. The minimum atomic E-state index is -1.35. The van der Waals surface area contributed by atoms with E-state index >= 15 is 0 Å². The van der Waals surface area contributed by atoms with Crippen molar-refractivity contribution < 1.29 is 23.8 Å². The summed E-state index contributed by atoms with van der Waals surface area (Å²) in [6.07, 6.45) is 2.56. The quantitative estimate of drug-likeness (QED) is 0.619. The van der Waals surface area contributed by atoms with Gasteiger partial charge in [-0.2, -0.15) is 0 Å². The van der Waals surface area contributed by atoms with Crippen molar-refractivity contribution in [2.24, 2.45) is 5.92 Å². The highest BCUT2D eigenvalue weighted by molar-refractivity contribution is 6.38. The first kappa shape index (κ1) is 23.9. The van der Waals surface area contributed by atoms with Crippen LogP contribution in [-0.2, 0) is 4.74 Å². The van der Waals surface area contributed by atoms with Gasteiger partial charge in [-0.25, -0.2) is 14.0 Å². The summed E-state index contributed by atoms with van der Waals surface area (Å²) >= 11 is 6.82. The molecule has 5 rings (SSSR count). The summed E-state index contributed by atoms with van der Waals surface area (Å²) in [4.78, 5) is 38.9. The fraction of sp³-hybridized carbons (Fsp3) is 0.560. The fourth-order valence-corrected chi connectivity index (χ4v) is 5.58. The third kappa shape index (κ3) is 4.35. The van der Waals surface area contributed by atoms with Crippen LogP contribution in [0.4, 0.5) is 14.9 Å². The number of pyridine rings is 1. The Balaban J connectivity index is 1.44. The van der Waals surface area contributed by atoms with Gasteiger partial charge in [-0.15, -0.1) is 0 Å². The molecule has 0 spiro atoms. The van der Waals surface area contributed by atoms with Crippen LogP contribution in [-0.4, -0.2) is 52.1 Å². The molecule has 1 aromatic heterocycles. The molecule has 2 aromatic rings. The van der Waals surface area contributed by atoms with Crippen molar-refractivity contribution in [2.45, 2.75) is 69.8 Å². The number of hydrogen-bond donors (Lipinski definition) is 2. The maximum Gasteiger partial charge on any atom is 0.408 e. The Morgan fingerprint density at radius 2 is 1.97 bits per heavy atom. The van der Waals surface area contributed by atoms with Crippen molar-refractivity contribution in [2.75, 3.05) is 18.0 Å². The van der Waals surface area contributed by atoms with Gasteiger partial charge < -0.3 is 24.6 Å². The predicted octanol–water partition coefficient (Wildman–Crippen LogP) is 4.52. The smallest absolute Gasteiger partial charge is 0.408 e. The largest absolute Gasteiger partial charge is 0.477 e. The molecule has 1 amide bonds. The van der Waals surface area contributed by atoms with Gasteiger partial charge in [0.15, 0.2) is 0 Å². The number of carboxylic acid groups (broad SMARTS) is 1. The molecule has 10 heteroatoms. The fourth-order valence-electron chi connectivity index (χ4n) is 5.20. The molecule has 2 saturated carbocycles. The third-order valence-electron chi connectivity index (χ3n) is 7.23. The van der Waals surface area contributed by atoms with E-state index in [1.807, 2.05) is 20.8 Å². The minimum Gasteiger partial charge on any atom is -0.477 e. The lowest BCUT2D eigenvalue weighted by molar-refractivity contribution is 0.0477. The highest BCUT2D eigenvalue weighted by atomic mass is 35.5. The lowest BCUT2D eigenvalue weighted by atomic mass is 9.96. The molecule has 0 radical (unpaired) electrons. The Labute approximate surface area is 207 Å². The van der Waals surface area contributed by atoms with Crippen LogP contribution in [0.15, 0.2) is 23.1 Å². The highest BCUT2D eigenvalue weighted by Gasteiger charge is 2.53. The SMILES string of the molecule is CC(C)(C)OC(=O)NC1([C@@H]2CCN(c3ccc4c(=O)c(C(=O)O)cn([C@@H]5C[C@@H]5F)c4c3Cl)C2)CC1. The molecule has 0 bridgehead atoms. The first-order valence-corrected chi connectivity index (χ1v) is 12.3. The summed E-state index contributed by atoms with van der Waals surface area (Å²) in [6, 6.07) is 2.77. The molecule has 35 heavy (non-hydrogen) atoms. The van der Waals surface area contributed by atoms with Crippen LogP contribution in [0.2, 0.25) is 5.02 Å². The van der Waals surface area contributed by atoms with Gasteiger partial charge in [-0.1, -0.05) is 11.6 Å². The zero-order valence-corrected chi connectivity index (χ0v) is 20.7. The minimum absolute atomic E-state index is 0.166. The molecular weight excluding hydrogens is 477 g/mol. The van der Waals surface area contributed by atoms with Crippen molar-refractivity contribution in [3.05, 3.63) is 39.1 Å². The topological polar surface area (TPSA) is 101 Å². The number of ether oxygens (including phenoxy) is 1. The monoisotopic (exact) mass is 505 g/mol. The number of alkyl halides is 1. The van der Waals surface area contributed by atoms with Crippen LogP contribution in [0.1, 0.15) is 62.9 Å². The first-order valence-electron chi connectivity index (χ1n) is 11.9. The number of nitrogens with zero attached hydrogens (tertiary/aromatic N) is 2. The summed E-state index contributed by atoms with van der Waals surface area (Å²) in [5.74, 6) is -1.14. The van der Waals surface area contributed by atoms with Crippen molar-refractivity contribution in [3.63, 3.8) is 0 Å². The van der Waals surface area contributed by atoms with E-state index in [4.69, 9.17) is 16.3 Å². The molecule has 2 N–H and O–H groups in total. The van der Waals surface area contributed by atoms with Gasteiger partial charge >= 0.3 is 12.1 Å². The number of amides is 1. The first-order chi connectivity index (χ1) is 16.4. The van der Waals surface area contributed by atoms with Gasteiger partial charge in [0.1, 0.15) is 17.3 Å². The van der Waals surface area contributed by atoms with Crippen LogP contribution in [0, 0.1) is 5.92 Å². The lowest BCUT2D eigenvalue weighted by Crippen LogP contribution is -2.45. The number of carboxylic acids is 1. The van der Waals surface area contributed by atoms with E-state index in [9.17, 15) is 23.9 Å². The molecule has 2 heterocycles. The summed E-state index contributed by atoms with van der Waals surface area (Å²) in [6.45, 7) is 6.86. The number of hydrogen-bond acceptors (Lipinski definition) is 5. The molecule has 1 aliphatic heterocycles. The zero-order valence-electron chi connectivity index (χ0n) is 19.9. The normalized spacial score (nSPS) is 24.9. The maximum absolute atomic E-state index is 14.0. The molecular formula is C25H29ClFN3O5. The zero-order chi connectivity index (χ0) is 25.3. The van der Waals surface area contributed by atoms with Crippen molar-refractivity contribution in [1.29, 1.82) is 0 Å². The van der Waals surface area contributed by atoms with E-state index < -0.39 is 40.9 Å². The molecule has 8 nitrogen and oxygen atoms in total. The predicted molar refractivity (Wildman–Crippen MR) is 130 cm³/mol. The third-order valence-corrected chi connectivity index (χ3v) is 7.60. The summed E-state index contributed by atoms with van der Waals surface area (Å²) < 4.78 is 21.0. The molecule has 3 aliphatic rings. The van der Waals surface area contributed by atoms with Gasteiger partial charge in [0.05, 0.1) is 22.3 Å². The number of alkyl carbamates (subject to hydrolysis) is 1. The van der Waals surface area contributed by atoms with Crippen LogP contribution in [0.25, 0.3) is 10.9 Å². The number of nitrogens with one attached hydrogen (secondary N) is 1. The molecule has 3 atom stereocenters. The van der Waals surface area contributed by atoms with Crippen LogP contribution in [0.3, 0.4) is 0 Å². The maximum atomic E-state index is 14.0.